The standard InChI is InChI=1S/C24H16N2/c1-15-9-10-17(14-25-15)16-11-12-23-21(13-16)20-7-4-6-19-18-5-2-3-8-22(18)26(23)24(19)20/h2-14H,1H3. The van der Waals surface area contributed by atoms with Crippen LogP contribution in [0, 0.1) is 6.92 Å². The van der Waals surface area contributed by atoms with Crippen molar-refractivity contribution in [2.75, 3.05) is 0 Å². The highest BCUT2D eigenvalue weighted by Crippen LogP contribution is 2.39. The molecule has 0 atom stereocenters. The Hall–Kier alpha value is -3.39. The Labute approximate surface area is 150 Å². The van der Waals surface area contributed by atoms with Crippen LogP contribution >= 0.6 is 0 Å². The van der Waals surface area contributed by atoms with Crippen LogP contribution in [0.2, 0.25) is 0 Å². The van der Waals surface area contributed by atoms with Crippen LogP contribution in [0.25, 0.3) is 49.2 Å². The molecule has 0 unspecified atom stereocenters. The van der Waals surface area contributed by atoms with E-state index in [2.05, 4.69) is 82.2 Å². The number of aromatic nitrogens is 2. The number of benzene rings is 3. The first-order chi connectivity index (χ1) is 12.8. The molecule has 0 saturated carbocycles. The van der Waals surface area contributed by atoms with Crippen LogP contribution < -0.4 is 0 Å². The van der Waals surface area contributed by atoms with Crippen LogP contribution in [0.1, 0.15) is 5.69 Å². The summed E-state index contributed by atoms with van der Waals surface area (Å²) in [7, 11) is 0. The quantitative estimate of drug-likeness (QED) is 0.350. The van der Waals surface area contributed by atoms with Gasteiger partial charge < -0.3 is 4.40 Å². The molecule has 0 saturated heterocycles. The fourth-order valence-electron chi connectivity index (χ4n) is 4.25. The van der Waals surface area contributed by atoms with Gasteiger partial charge >= 0.3 is 0 Å². The summed E-state index contributed by atoms with van der Waals surface area (Å²) in [5, 5.41) is 5.26. The van der Waals surface area contributed by atoms with Crippen molar-refractivity contribution < 1.29 is 0 Å². The lowest BCUT2D eigenvalue weighted by molar-refractivity contribution is 1.20. The second kappa shape index (κ2) is 4.83. The molecule has 6 rings (SSSR count). The molecule has 0 aliphatic rings. The summed E-state index contributed by atoms with van der Waals surface area (Å²) in [6, 6.07) is 26.3. The average Bonchev–Trinajstić information content (AvgIpc) is 3.20. The van der Waals surface area contributed by atoms with Gasteiger partial charge in [-0.1, -0.05) is 48.5 Å². The van der Waals surface area contributed by atoms with Crippen LogP contribution in [0.3, 0.4) is 0 Å². The number of pyridine rings is 1. The van der Waals surface area contributed by atoms with Gasteiger partial charge in [0.25, 0.3) is 0 Å². The van der Waals surface area contributed by atoms with Crippen LogP contribution in [-0.2, 0) is 0 Å². The smallest absolute Gasteiger partial charge is 0.0620 e. The molecule has 6 aromatic rings. The molecule has 122 valence electrons. The van der Waals surface area contributed by atoms with Gasteiger partial charge in [0.2, 0.25) is 0 Å². The molecule has 2 nitrogen and oxygen atoms in total. The van der Waals surface area contributed by atoms with Crippen molar-refractivity contribution in [3.63, 3.8) is 0 Å². The maximum atomic E-state index is 4.45. The number of aryl methyl sites for hydroxylation is 1. The number of nitrogens with zero attached hydrogens (tertiary/aromatic N) is 2. The lowest BCUT2D eigenvalue weighted by Gasteiger charge is -2.03. The van der Waals surface area contributed by atoms with Crippen molar-refractivity contribution in [3.8, 4) is 11.1 Å². The van der Waals surface area contributed by atoms with E-state index in [1.807, 2.05) is 13.1 Å². The number of hydrogen-bond acceptors (Lipinski definition) is 1. The third-order valence-electron chi connectivity index (χ3n) is 5.47. The molecule has 0 aliphatic carbocycles. The fraction of sp³-hybridized carbons (Fsp3) is 0.0417. The van der Waals surface area contributed by atoms with Gasteiger partial charge in [-0.2, -0.15) is 0 Å². The van der Waals surface area contributed by atoms with Gasteiger partial charge in [0.05, 0.1) is 16.6 Å². The molecular formula is C24H16N2. The molecule has 0 radical (unpaired) electrons. The Morgan fingerprint density at radius 3 is 2.23 bits per heavy atom. The lowest BCUT2D eigenvalue weighted by atomic mass is 10.0. The van der Waals surface area contributed by atoms with Crippen LogP contribution in [0.15, 0.2) is 79.0 Å². The van der Waals surface area contributed by atoms with Crippen molar-refractivity contribution in [2.45, 2.75) is 6.92 Å². The molecule has 0 aliphatic heterocycles. The molecule has 0 N–H and O–H groups in total. The predicted molar refractivity (Wildman–Crippen MR) is 109 cm³/mol. The van der Waals surface area contributed by atoms with Crippen LogP contribution in [0.4, 0.5) is 0 Å². The van der Waals surface area contributed by atoms with Crippen molar-refractivity contribution in [2.24, 2.45) is 0 Å². The lowest BCUT2D eigenvalue weighted by Crippen LogP contribution is -1.84. The van der Waals surface area contributed by atoms with E-state index in [1.54, 1.807) is 0 Å². The molecule has 0 spiro atoms. The number of rotatable bonds is 1. The fourth-order valence-corrected chi connectivity index (χ4v) is 4.25. The first kappa shape index (κ1) is 13.9. The van der Waals surface area contributed by atoms with Gasteiger partial charge in [0.1, 0.15) is 0 Å². The molecule has 0 fully saturated rings. The van der Waals surface area contributed by atoms with E-state index in [1.165, 1.54) is 43.7 Å². The van der Waals surface area contributed by atoms with Crippen molar-refractivity contribution in [3.05, 3.63) is 84.7 Å². The van der Waals surface area contributed by atoms with Crippen molar-refractivity contribution >= 4 is 38.1 Å². The van der Waals surface area contributed by atoms with E-state index >= 15 is 0 Å². The first-order valence-corrected chi connectivity index (χ1v) is 8.91. The maximum Gasteiger partial charge on any atom is 0.0620 e. The van der Waals surface area contributed by atoms with Gasteiger partial charge in [0, 0.05) is 39.0 Å². The molecule has 2 heteroatoms. The first-order valence-electron chi connectivity index (χ1n) is 8.91. The number of hydrogen-bond donors (Lipinski definition) is 0. The van der Waals surface area contributed by atoms with Gasteiger partial charge in [-0.3, -0.25) is 4.98 Å². The highest BCUT2D eigenvalue weighted by molar-refractivity contribution is 6.23. The largest absolute Gasteiger partial charge is 0.308 e. The van der Waals surface area contributed by atoms with Gasteiger partial charge in [0.15, 0.2) is 0 Å². The minimum Gasteiger partial charge on any atom is -0.308 e. The summed E-state index contributed by atoms with van der Waals surface area (Å²) in [5.41, 5.74) is 7.28. The maximum absolute atomic E-state index is 4.45. The van der Waals surface area contributed by atoms with E-state index in [0.717, 1.165) is 11.3 Å². The third-order valence-corrected chi connectivity index (χ3v) is 5.47. The molecular weight excluding hydrogens is 316 g/mol. The zero-order chi connectivity index (χ0) is 17.3. The van der Waals surface area contributed by atoms with Crippen molar-refractivity contribution in [1.82, 2.24) is 9.38 Å². The highest BCUT2D eigenvalue weighted by Gasteiger charge is 2.16. The van der Waals surface area contributed by atoms with E-state index < -0.39 is 0 Å². The normalized spacial score (nSPS) is 12.0. The Bertz CT molecular complexity index is 1420. The van der Waals surface area contributed by atoms with Crippen LogP contribution in [-0.4, -0.2) is 9.38 Å². The summed E-state index contributed by atoms with van der Waals surface area (Å²) >= 11 is 0. The average molecular weight is 332 g/mol. The predicted octanol–water partition coefficient (Wildman–Crippen LogP) is 6.21. The molecule has 0 amide bonds. The zero-order valence-corrected chi connectivity index (χ0v) is 14.4. The SMILES string of the molecule is Cc1ccc(-c2ccc3c(c2)c2cccc4c5ccccc5n3c42)cn1. The molecule has 0 bridgehead atoms. The second-order valence-electron chi connectivity index (χ2n) is 6.97. The zero-order valence-electron chi connectivity index (χ0n) is 14.4. The van der Waals surface area contributed by atoms with E-state index in [4.69, 9.17) is 0 Å². The molecule has 3 aromatic heterocycles. The minimum atomic E-state index is 1.04. The number of para-hydroxylation sites is 2. The summed E-state index contributed by atoms with van der Waals surface area (Å²) in [5.74, 6) is 0. The van der Waals surface area contributed by atoms with Crippen molar-refractivity contribution in [1.29, 1.82) is 0 Å². The van der Waals surface area contributed by atoms with Crippen LogP contribution in [0.5, 0.6) is 0 Å². The molecule has 26 heavy (non-hydrogen) atoms. The van der Waals surface area contributed by atoms with Gasteiger partial charge in [-0.15, -0.1) is 0 Å². The topological polar surface area (TPSA) is 17.3 Å². The minimum absolute atomic E-state index is 1.04. The highest BCUT2D eigenvalue weighted by atomic mass is 14.9. The van der Waals surface area contributed by atoms with Gasteiger partial charge in [-0.25, -0.2) is 0 Å². The third kappa shape index (κ3) is 1.68. The monoisotopic (exact) mass is 332 g/mol. The summed E-state index contributed by atoms with van der Waals surface area (Å²) in [6.45, 7) is 2.02. The second-order valence-corrected chi connectivity index (χ2v) is 6.97. The Balaban J connectivity index is 1.77. The Kier molecular flexibility index (Phi) is 2.57. The van der Waals surface area contributed by atoms with E-state index in [-0.39, 0.29) is 0 Å². The summed E-state index contributed by atoms with van der Waals surface area (Å²) in [6.07, 6.45) is 1.96. The Morgan fingerprint density at radius 1 is 0.654 bits per heavy atom. The van der Waals surface area contributed by atoms with E-state index in [9.17, 15) is 0 Å². The van der Waals surface area contributed by atoms with Gasteiger partial charge in [-0.05, 0) is 36.8 Å². The summed E-state index contributed by atoms with van der Waals surface area (Å²) < 4.78 is 2.41. The molecule has 3 heterocycles. The Morgan fingerprint density at radius 2 is 1.38 bits per heavy atom. The summed E-state index contributed by atoms with van der Waals surface area (Å²) in [4.78, 5) is 4.45. The van der Waals surface area contributed by atoms with E-state index in [0.29, 0.717) is 0 Å². The molecule has 3 aromatic carbocycles. The number of fused-ring (bicyclic) bond motifs is 6.